The first-order valence-electron chi connectivity index (χ1n) is 20.1. The molecule has 0 aliphatic heterocycles. The van der Waals surface area contributed by atoms with Crippen molar-refractivity contribution in [2.75, 3.05) is 41.0 Å². The van der Waals surface area contributed by atoms with Gasteiger partial charge in [-0.2, -0.15) is 0 Å². The molecule has 0 rings (SSSR count). The zero-order valence-electron chi connectivity index (χ0n) is 32.2. The molecule has 0 heterocycles. The molecule has 0 aromatic heterocycles. The van der Waals surface area contributed by atoms with Gasteiger partial charge in [-0.1, -0.05) is 155 Å². The van der Waals surface area contributed by atoms with Crippen LogP contribution in [0.4, 0.5) is 0 Å². The predicted octanol–water partition coefficient (Wildman–Crippen LogP) is 8.86. The van der Waals surface area contributed by atoms with Gasteiger partial charge in [-0.25, -0.2) is 0 Å². The molecular weight excluding hydrogens is 606 g/mol. The number of hydrogen-bond donors (Lipinski definition) is 0. The van der Waals surface area contributed by atoms with E-state index in [1.54, 1.807) is 21.1 Å². The molecule has 0 fully saturated rings. The molecule has 8 nitrogen and oxygen atoms in total. The molecule has 0 aliphatic carbocycles. The summed E-state index contributed by atoms with van der Waals surface area (Å²) in [6.45, 7) is 4.65. The van der Waals surface area contributed by atoms with Gasteiger partial charge < -0.3 is 28.6 Å². The number of aliphatic carboxylic acids is 1. The summed E-state index contributed by atoms with van der Waals surface area (Å²) in [5.41, 5.74) is 0. The molecule has 0 saturated heterocycles. The van der Waals surface area contributed by atoms with Gasteiger partial charge in [0.15, 0.2) is 6.10 Å². The number of esters is 2. The van der Waals surface area contributed by atoms with Crippen LogP contribution in [0.3, 0.4) is 0 Å². The van der Waals surface area contributed by atoms with Crippen molar-refractivity contribution in [3.8, 4) is 0 Å². The molecule has 0 spiro atoms. The van der Waals surface area contributed by atoms with E-state index in [9.17, 15) is 19.5 Å². The highest BCUT2D eigenvalue weighted by molar-refractivity contribution is 5.70. The number of ether oxygens (including phenoxy) is 3. The van der Waals surface area contributed by atoms with Gasteiger partial charge in [0, 0.05) is 19.3 Å². The molecule has 8 heteroatoms. The summed E-state index contributed by atoms with van der Waals surface area (Å²) in [5, 5.41) is 11.6. The first kappa shape index (κ1) is 46.3. The quantitative estimate of drug-likeness (QED) is 0.0369. The van der Waals surface area contributed by atoms with Crippen molar-refractivity contribution in [1.29, 1.82) is 0 Å². The standard InChI is InChI=1S/C40H77NO7/c1-6-8-10-12-14-16-17-18-19-20-21-23-24-26-28-30-38(42)47-35-36(34-46-33-32-37(40(44)45)41(3,4)5)48-39(43)31-29-27-25-22-15-13-11-9-7-2/h36-37H,6-35H2,1-5H3. The minimum absolute atomic E-state index is 0.0483. The molecule has 0 aromatic carbocycles. The number of hydrogen-bond acceptors (Lipinski definition) is 7. The normalized spacial score (nSPS) is 12.9. The topological polar surface area (TPSA) is 102 Å². The number of carbonyl (C=O) groups is 3. The maximum atomic E-state index is 12.6. The van der Waals surface area contributed by atoms with Crippen LogP contribution in [0.1, 0.15) is 187 Å². The van der Waals surface area contributed by atoms with Crippen molar-refractivity contribution < 1.29 is 38.2 Å². The average molecular weight is 684 g/mol. The number of likely N-dealkylation sites (N-methyl/N-ethyl adjacent to an activating group) is 1. The van der Waals surface area contributed by atoms with Crippen LogP contribution in [0, 0.1) is 0 Å². The molecule has 0 saturated carbocycles. The molecule has 0 N–H and O–H groups in total. The number of rotatable bonds is 36. The molecule has 0 aromatic rings. The highest BCUT2D eigenvalue weighted by Crippen LogP contribution is 2.15. The summed E-state index contributed by atoms with van der Waals surface area (Å²) >= 11 is 0. The Kier molecular flexibility index (Phi) is 31.4. The monoisotopic (exact) mass is 684 g/mol. The van der Waals surface area contributed by atoms with Crippen LogP contribution in [0.15, 0.2) is 0 Å². The lowest BCUT2D eigenvalue weighted by Gasteiger charge is -2.34. The Balaban J connectivity index is 4.31. The first-order valence-corrected chi connectivity index (χ1v) is 20.1. The van der Waals surface area contributed by atoms with E-state index < -0.39 is 18.1 Å². The molecule has 2 unspecified atom stereocenters. The van der Waals surface area contributed by atoms with Crippen LogP contribution >= 0.6 is 0 Å². The Bertz CT molecular complexity index is 767. The second-order valence-electron chi connectivity index (χ2n) is 14.9. The van der Waals surface area contributed by atoms with E-state index in [4.69, 9.17) is 14.2 Å². The van der Waals surface area contributed by atoms with E-state index in [2.05, 4.69) is 13.8 Å². The molecule has 2 atom stereocenters. The van der Waals surface area contributed by atoms with Gasteiger partial charge >= 0.3 is 11.9 Å². The van der Waals surface area contributed by atoms with Crippen molar-refractivity contribution in [2.24, 2.45) is 0 Å². The van der Waals surface area contributed by atoms with Gasteiger partial charge in [-0.05, 0) is 12.8 Å². The van der Waals surface area contributed by atoms with Gasteiger partial charge in [0.05, 0.1) is 40.3 Å². The molecule has 0 amide bonds. The fourth-order valence-electron chi connectivity index (χ4n) is 6.07. The number of carbonyl (C=O) groups excluding carboxylic acids is 3. The van der Waals surface area contributed by atoms with E-state index in [-0.39, 0.29) is 42.7 Å². The van der Waals surface area contributed by atoms with Crippen LogP contribution in [-0.4, -0.2) is 75.5 Å². The van der Waals surface area contributed by atoms with Gasteiger partial charge in [-0.15, -0.1) is 0 Å². The van der Waals surface area contributed by atoms with Crippen molar-refractivity contribution in [3.63, 3.8) is 0 Å². The van der Waals surface area contributed by atoms with Crippen LogP contribution < -0.4 is 5.11 Å². The lowest BCUT2D eigenvalue weighted by atomic mass is 10.0. The number of quaternary nitrogens is 1. The predicted molar refractivity (Wildman–Crippen MR) is 194 cm³/mol. The van der Waals surface area contributed by atoms with Crippen LogP contribution in [0.25, 0.3) is 0 Å². The SMILES string of the molecule is CCCCCCCCCCCCCCCCCC(=O)OCC(COCCC(C(=O)[O-])[N+](C)(C)C)OC(=O)CCCCCCCCCCC. The second-order valence-corrected chi connectivity index (χ2v) is 14.9. The summed E-state index contributed by atoms with van der Waals surface area (Å²) in [6.07, 6.45) is 29.8. The lowest BCUT2D eigenvalue weighted by molar-refractivity contribution is -0.889. The summed E-state index contributed by atoms with van der Waals surface area (Å²) in [4.78, 5) is 36.6. The molecule has 48 heavy (non-hydrogen) atoms. The Labute approximate surface area is 296 Å². The number of nitrogens with zero attached hydrogens (tertiary/aromatic N) is 1. The van der Waals surface area contributed by atoms with E-state index in [1.807, 2.05) is 0 Å². The lowest BCUT2D eigenvalue weighted by Crippen LogP contribution is -2.55. The Morgan fingerprint density at radius 2 is 0.917 bits per heavy atom. The van der Waals surface area contributed by atoms with E-state index in [1.165, 1.54) is 116 Å². The van der Waals surface area contributed by atoms with Gasteiger partial charge in [-0.3, -0.25) is 9.59 Å². The van der Waals surface area contributed by atoms with Gasteiger partial charge in [0.1, 0.15) is 12.6 Å². The van der Waals surface area contributed by atoms with E-state index in [0.717, 1.165) is 38.5 Å². The Morgan fingerprint density at radius 1 is 0.542 bits per heavy atom. The largest absolute Gasteiger partial charge is 0.544 e. The molecule has 0 aliphatic rings. The summed E-state index contributed by atoms with van der Waals surface area (Å²) in [5.74, 6) is -1.72. The van der Waals surface area contributed by atoms with Crippen molar-refractivity contribution in [3.05, 3.63) is 0 Å². The van der Waals surface area contributed by atoms with E-state index in [0.29, 0.717) is 12.8 Å². The average Bonchev–Trinajstić information content (AvgIpc) is 3.03. The van der Waals surface area contributed by atoms with Crippen LogP contribution in [-0.2, 0) is 28.6 Å². The van der Waals surface area contributed by atoms with Crippen molar-refractivity contribution in [1.82, 2.24) is 0 Å². The molecular formula is C40H77NO7. The highest BCUT2D eigenvalue weighted by Gasteiger charge is 2.25. The molecule has 0 radical (unpaired) electrons. The zero-order chi connectivity index (χ0) is 35.7. The maximum absolute atomic E-state index is 12.6. The third kappa shape index (κ3) is 30.4. The summed E-state index contributed by atoms with van der Waals surface area (Å²) in [6, 6.07) is -0.717. The fourth-order valence-corrected chi connectivity index (χ4v) is 6.07. The number of carboxylic acid groups (broad SMARTS) is 1. The summed E-state index contributed by atoms with van der Waals surface area (Å²) < 4.78 is 17.1. The van der Waals surface area contributed by atoms with Crippen molar-refractivity contribution >= 4 is 17.9 Å². The van der Waals surface area contributed by atoms with Gasteiger partial charge in [0.2, 0.25) is 0 Å². The molecule has 284 valence electrons. The highest BCUT2D eigenvalue weighted by atomic mass is 16.6. The Hall–Kier alpha value is -1.67. The molecule has 0 bridgehead atoms. The minimum Gasteiger partial charge on any atom is -0.544 e. The third-order valence-electron chi connectivity index (χ3n) is 9.24. The maximum Gasteiger partial charge on any atom is 0.306 e. The van der Waals surface area contributed by atoms with Crippen molar-refractivity contribution in [2.45, 2.75) is 199 Å². The number of carboxylic acids is 1. The number of unbranched alkanes of at least 4 members (excludes halogenated alkanes) is 22. The third-order valence-corrected chi connectivity index (χ3v) is 9.24. The van der Waals surface area contributed by atoms with Crippen LogP contribution in [0.5, 0.6) is 0 Å². The second kappa shape index (κ2) is 32.5. The smallest absolute Gasteiger partial charge is 0.306 e. The summed E-state index contributed by atoms with van der Waals surface area (Å²) in [7, 11) is 5.40. The zero-order valence-corrected chi connectivity index (χ0v) is 32.2. The van der Waals surface area contributed by atoms with E-state index >= 15 is 0 Å². The fraction of sp³-hybridized carbons (Fsp3) is 0.925. The Morgan fingerprint density at radius 3 is 1.29 bits per heavy atom. The first-order chi connectivity index (χ1) is 23.1. The van der Waals surface area contributed by atoms with Gasteiger partial charge in [0.25, 0.3) is 0 Å². The van der Waals surface area contributed by atoms with Crippen LogP contribution in [0.2, 0.25) is 0 Å². The minimum atomic E-state index is -1.12.